The number of carbonyl (C=O) groups excluding carboxylic acids is 1. The Bertz CT molecular complexity index is 219. The van der Waals surface area contributed by atoms with Gasteiger partial charge < -0.3 is 11.1 Å². The molecular weight excluding hydrogens is 152 g/mol. The second-order valence-electron chi connectivity index (χ2n) is 3.34. The van der Waals surface area contributed by atoms with Gasteiger partial charge in [0.05, 0.1) is 6.04 Å². The van der Waals surface area contributed by atoms with Crippen molar-refractivity contribution < 1.29 is 4.79 Å². The summed E-state index contributed by atoms with van der Waals surface area (Å²) < 4.78 is 0. The molecule has 3 heteroatoms. The monoisotopic (exact) mass is 166 g/mol. The van der Waals surface area contributed by atoms with Crippen LogP contribution in [0, 0.1) is 18.3 Å². The summed E-state index contributed by atoms with van der Waals surface area (Å²) in [5.74, 6) is 2.85. The smallest absolute Gasteiger partial charge is 0.238 e. The van der Waals surface area contributed by atoms with Crippen LogP contribution in [0.5, 0.6) is 0 Å². The molecule has 12 heavy (non-hydrogen) atoms. The molecule has 1 aliphatic rings. The van der Waals surface area contributed by atoms with E-state index in [1.807, 2.05) is 0 Å². The molecule has 3 N–H and O–H groups in total. The van der Waals surface area contributed by atoms with Gasteiger partial charge in [0.15, 0.2) is 0 Å². The molecule has 0 spiro atoms. The third-order valence-corrected chi connectivity index (χ3v) is 2.11. The van der Waals surface area contributed by atoms with E-state index in [1.54, 1.807) is 0 Å². The number of nitrogens with one attached hydrogen (secondary N) is 1. The molecule has 0 bridgehead atoms. The fourth-order valence-corrected chi connectivity index (χ4v) is 1.03. The summed E-state index contributed by atoms with van der Waals surface area (Å²) in [6.07, 6.45) is 6.41. The van der Waals surface area contributed by atoms with Gasteiger partial charge in [-0.1, -0.05) is 6.92 Å². The fourth-order valence-electron chi connectivity index (χ4n) is 1.03. The Labute approximate surface area is 72.7 Å². The van der Waals surface area contributed by atoms with Crippen molar-refractivity contribution in [1.82, 2.24) is 5.32 Å². The van der Waals surface area contributed by atoms with E-state index in [-0.39, 0.29) is 5.91 Å². The molecule has 0 aromatic heterocycles. The quantitative estimate of drug-likeness (QED) is 0.573. The van der Waals surface area contributed by atoms with Gasteiger partial charge in [0.25, 0.3) is 0 Å². The van der Waals surface area contributed by atoms with E-state index in [0.717, 1.165) is 6.42 Å². The van der Waals surface area contributed by atoms with Crippen LogP contribution in [0.25, 0.3) is 0 Å². The Morgan fingerprint density at radius 2 is 2.50 bits per heavy atom. The molecular formula is C9H14N2O. The number of hydrogen-bond donors (Lipinski definition) is 2. The number of nitrogens with two attached hydrogens (primary N) is 1. The zero-order chi connectivity index (χ0) is 9.14. The second kappa shape index (κ2) is 3.59. The Morgan fingerprint density at radius 3 is 2.92 bits per heavy atom. The molecule has 1 amide bonds. The van der Waals surface area contributed by atoms with Crippen LogP contribution in [0.1, 0.15) is 19.8 Å². The predicted molar refractivity (Wildman–Crippen MR) is 47.1 cm³/mol. The maximum absolute atomic E-state index is 11.2. The second-order valence-corrected chi connectivity index (χ2v) is 3.34. The van der Waals surface area contributed by atoms with Crippen LogP contribution in [0.2, 0.25) is 0 Å². The number of amides is 1. The van der Waals surface area contributed by atoms with Crippen LogP contribution in [0.3, 0.4) is 0 Å². The summed E-state index contributed by atoms with van der Waals surface area (Å²) >= 11 is 0. The molecule has 0 saturated heterocycles. The van der Waals surface area contributed by atoms with E-state index < -0.39 is 6.04 Å². The van der Waals surface area contributed by atoms with E-state index in [2.05, 4.69) is 18.2 Å². The van der Waals surface area contributed by atoms with Gasteiger partial charge in [0.1, 0.15) is 0 Å². The highest BCUT2D eigenvalue weighted by Gasteiger charge is 2.34. The lowest BCUT2D eigenvalue weighted by Gasteiger charge is -2.08. The minimum Gasteiger partial charge on any atom is -0.352 e. The predicted octanol–water partition coefficient (Wildman–Crippen LogP) is -0.138. The average Bonchev–Trinajstić information content (AvgIpc) is 2.67. The molecule has 1 saturated carbocycles. The highest BCUT2D eigenvalue weighted by Crippen LogP contribution is 2.28. The van der Waals surface area contributed by atoms with Crippen LogP contribution in [0.4, 0.5) is 0 Å². The average molecular weight is 166 g/mol. The van der Waals surface area contributed by atoms with Gasteiger partial charge in [0.2, 0.25) is 5.91 Å². The van der Waals surface area contributed by atoms with Gasteiger partial charge in [-0.2, -0.15) is 0 Å². The highest BCUT2D eigenvalue weighted by molar-refractivity contribution is 5.82. The molecule has 0 radical (unpaired) electrons. The maximum Gasteiger partial charge on any atom is 0.238 e. The molecule has 0 aliphatic heterocycles. The molecule has 66 valence electrons. The first-order valence-electron chi connectivity index (χ1n) is 4.14. The third-order valence-electron chi connectivity index (χ3n) is 2.11. The van der Waals surface area contributed by atoms with Crippen LogP contribution < -0.4 is 11.1 Å². The van der Waals surface area contributed by atoms with Crippen molar-refractivity contribution in [3.8, 4) is 12.3 Å². The lowest BCUT2D eigenvalue weighted by molar-refractivity contribution is -0.122. The highest BCUT2D eigenvalue weighted by atomic mass is 16.2. The summed E-state index contributed by atoms with van der Waals surface area (Å²) in [5.41, 5.74) is 5.49. The first-order chi connectivity index (χ1) is 5.65. The van der Waals surface area contributed by atoms with Crippen molar-refractivity contribution in [3.05, 3.63) is 0 Å². The summed E-state index contributed by atoms with van der Waals surface area (Å²) in [7, 11) is 0. The van der Waals surface area contributed by atoms with E-state index in [9.17, 15) is 4.79 Å². The molecule has 3 unspecified atom stereocenters. The van der Waals surface area contributed by atoms with Crippen molar-refractivity contribution in [2.75, 3.05) is 0 Å². The van der Waals surface area contributed by atoms with Crippen LogP contribution in [0.15, 0.2) is 0 Å². The lowest BCUT2D eigenvalue weighted by Crippen LogP contribution is -2.41. The van der Waals surface area contributed by atoms with E-state index in [0.29, 0.717) is 18.4 Å². The fraction of sp³-hybridized carbons (Fsp3) is 0.667. The summed E-state index contributed by atoms with van der Waals surface area (Å²) in [5, 5.41) is 2.83. The minimum atomic E-state index is -0.539. The molecule has 0 aromatic rings. The third kappa shape index (κ3) is 2.24. The number of carbonyl (C=O) groups is 1. The molecule has 0 aromatic carbocycles. The van der Waals surface area contributed by atoms with Gasteiger partial charge in [0, 0.05) is 12.5 Å². The Hall–Kier alpha value is -1.01. The zero-order valence-electron chi connectivity index (χ0n) is 7.21. The van der Waals surface area contributed by atoms with Gasteiger partial charge in [-0.3, -0.25) is 4.79 Å². The first kappa shape index (κ1) is 9.08. The van der Waals surface area contributed by atoms with Crippen molar-refractivity contribution >= 4 is 5.91 Å². The normalized spacial score (nSPS) is 28.8. The van der Waals surface area contributed by atoms with E-state index >= 15 is 0 Å². The van der Waals surface area contributed by atoms with Crippen LogP contribution >= 0.6 is 0 Å². The standard InChI is InChI=1S/C9H14N2O/c1-3-4-7(10)9(12)11-8-5-6(8)2/h1,6-8H,4-5,10H2,2H3,(H,11,12). The topological polar surface area (TPSA) is 55.1 Å². The van der Waals surface area contributed by atoms with E-state index in [1.165, 1.54) is 0 Å². The molecule has 1 rings (SSSR count). The molecule has 1 aliphatic carbocycles. The Morgan fingerprint density at radius 1 is 1.92 bits per heavy atom. The molecule has 0 heterocycles. The summed E-state index contributed by atoms with van der Waals surface area (Å²) in [4.78, 5) is 11.2. The maximum atomic E-state index is 11.2. The van der Waals surface area contributed by atoms with Crippen molar-refractivity contribution in [2.24, 2.45) is 11.7 Å². The van der Waals surface area contributed by atoms with Gasteiger partial charge in [-0.25, -0.2) is 0 Å². The van der Waals surface area contributed by atoms with Crippen molar-refractivity contribution in [2.45, 2.75) is 31.8 Å². The van der Waals surface area contributed by atoms with Crippen LogP contribution in [-0.2, 0) is 4.79 Å². The van der Waals surface area contributed by atoms with Crippen molar-refractivity contribution in [3.63, 3.8) is 0 Å². The van der Waals surface area contributed by atoms with Crippen LogP contribution in [-0.4, -0.2) is 18.0 Å². The number of terminal acetylenes is 1. The molecule has 3 nitrogen and oxygen atoms in total. The Kier molecular flexibility index (Phi) is 2.72. The van der Waals surface area contributed by atoms with Gasteiger partial charge >= 0.3 is 0 Å². The molecule has 3 atom stereocenters. The minimum absolute atomic E-state index is 0.123. The van der Waals surface area contributed by atoms with Crippen molar-refractivity contribution in [1.29, 1.82) is 0 Å². The summed E-state index contributed by atoms with van der Waals surface area (Å²) in [6, 6.07) is -0.205. The Balaban J connectivity index is 2.24. The molecule has 1 fully saturated rings. The number of rotatable bonds is 3. The van der Waals surface area contributed by atoms with E-state index in [4.69, 9.17) is 12.2 Å². The van der Waals surface area contributed by atoms with Gasteiger partial charge in [-0.15, -0.1) is 12.3 Å². The first-order valence-corrected chi connectivity index (χ1v) is 4.14. The lowest BCUT2D eigenvalue weighted by atomic mass is 10.2. The summed E-state index contributed by atoms with van der Waals surface area (Å²) in [6.45, 7) is 2.09. The van der Waals surface area contributed by atoms with Gasteiger partial charge in [-0.05, 0) is 12.3 Å². The number of hydrogen-bond acceptors (Lipinski definition) is 2. The zero-order valence-corrected chi connectivity index (χ0v) is 7.21. The largest absolute Gasteiger partial charge is 0.352 e. The SMILES string of the molecule is C#CCC(N)C(=O)NC1CC1C.